The predicted molar refractivity (Wildman–Crippen MR) is 363 cm³/mol. The second-order valence-electron chi connectivity index (χ2n) is 23.9. The van der Waals surface area contributed by atoms with Gasteiger partial charge in [0.05, 0.1) is 19.6 Å². The van der Waals surface area contributed by atoms with Crippen LogP contribution in [0.1, 0.15) is 329 Å². The third kappa shape index (κ3) is 49.8. The first-order chi connectivity index (χ1) is 41.3. The number of hydrogen-bond acceptors (Lipinski definition) is 12. The Morgan fingerprint density at radius 2 is 0.429 bits per heavy atom. The van der Waals surface area contributed by atoms with E-state index < -0.39 is 35.0 Å². The van der Waals surface area contributed by atoms with Crippen molar-refractivity contribution in [2.45, 2.75) is 349 Å². The van der Waals surface area contributed by atoms with Crippen LogP contribution in [0.25, 0.3) is 0 Å². The van der Waals surface area contributed by atoms with Crippen LogP contribution in [0.2, 0.25) is 0 Å². The van der Waals surface area contributed by atoms with Crippen molar-refractivity contribution in [2.75, 3.05) is 54.3 Å². The molecule has 0 saturated heterocycles. The summed E-state index contributed by atoms with van der Waals surface area (Å²) in [6.07, 6.45) is 59.0. The van der Waals surface area contributed by atoms with Crippen molar-refractivity contribution in [3.8, 4) is 0 Å². The minimum absolute atomic E-state index is 0.225. The molecule has 0 radical (unpaired) electrons. The van der Waals surface area contributed by atoms with Crippen LogP contribution in [-0.2, 0) is 48.2 Å². The van der Waals surface area contributed by atoms with E-state index in [1.165, 1.54) is 270 Å². The molecule has 0 amide bonds. The van der Waals surface area contributed by atoms with Gasteiger partial charge in [0.1, 0.15) is 19.8 Å². The molecule has 0 unspecified atom stereocenters. The Bertz CT molecular complexity index is 1610. The minimum Gasteiger partial charge on any atom is -0.464 e. The zero-order valence-electron chi connectivity index (χ0n) is 54.7. The Balaban J connectivity index is 2.51. The summed E-state index contributed by atoms with van der Waals surface area (Å²) in [5.41, 5.74) is -2.63. The van der Waals surface area contributed by atoms with Crippen LogP contribution in [0.3, 0.4) is 0 Å². The number of rotatable bonds is 66. The van der Waals surface area contributed by atoms with Gasteiger partial charge in [-0.05, 0) is 73.0 Å². The molecule has 0 aliphatic rings. The van der Waals surface area contributed by atoms with Gasteiger partial charge in [-0.3, -0.25) is 14.4 Å². The summed E-state index contributed by atoms with van der Waals surface area (Å²) in [7, 11) is 0. The number of nitrogens with zero attached hydrogens (tertiary/aromatic N) is 3. The lowest BCUT2D eigenvalue weighted by Crippen LogP contribution is -2.55. The van der Waals surface area contributed by atoms with E-state index in [2.05, 4.69) is 20.8 Å². The SMILES string of the molecule is CCCCCCCCCCCCCCCCSCCCC(=O)OCCn1c(=O)n(CCOC(=O)CCCSCCCCCCCCCCCCCCCC)c(=O)n(CCOC(=O)CCCSCCCCCCCCCCCCCCCC)c1=O. The van der Waals surface area contributed by atoms with Crippen LogP contribution >= 0.6 is 35.3 Å². The maximum Gasteiger partial charge on any atom is 0.336 e. The standard InChI is InChI=1S/C69H129N3O9S3/c1-4-7-10-13-16-19-22-25-28-31-34-37-40-43-58-82-61-46-49-64(73)79-55-52-70-67(76)71(53-56-80-65(74)50-47-62-83-59-44-41-38-35-32-29-26-23-20-17-14-11-8-5-2)69(78)72(68(70)77)54-57-81-66(75)51-48-63-84-60-45-42-39-36-33-30-27-24-21-18-15-12-9-6-3/h4-63H2,1-3H3. The number of unbranched alkanes of at least 4 members (excludes halogenated alkanes) is 39. The molecule has 0 N–H and O–H groups in total. The quantitative estimate of drug-likeness (QED) is 0.0348. The Labute approximate surface area is 526 Å². The molecule has 12 nitrogen and oxygen atoms in total. The number of carbonyl (C=O) groups excluding carboxylic acids is 3. The summed E-state index contributed by atoms with van der Waals surface area (Å²) in [4.78, 5) is 79.1. The topological polar surface area (TPSA) is 145 Å². The zero-order valence-corrected chi connectivity index (χ0v) is 57.1. The van der Waals surface area contributed by atoms with Crippen molar-refractivity contribution < 1.29 is 28.6 Å². The van der Waals surface area contributed by atoms with E-state index in [0.29, 0.717) is 19.3 Å². The first kappa shape index (κ1) is 79.9. The number of thioether (sulfide) groups is 3. The lowest BCUT2D eigenvalue weighted by molar-refractivity contribution is -0.144. The third-order valence-electron chi connectivity index (χ3n) is 16.1. The molecule has 0 spiro atoms. The molecule has 0 aliphatic heterocycles. The molecule has 1 aromatic rings. The Morgan fingerprint density at radius 3 is 0.619 bits per heavy atom. The van der Waals surface area contributed by atoms with Gasteiger partial charge >= 0.3 is 35.0 Å². The average Bonchev–Trinajstić information content (AvgIpc) is 2.67. The Morgan fingerprint density at radius 1 is 0.262 bits per heavy atom. The molecule has 0 bridgehead atoms. The highest BCUT2D eigenvalue weighted by atomic mass is 32.2. The molecule has 1 aromatic heterocycles. The van der Waals surface area contributed by atoms with Crippen LogP contribution in [0.15, 0.2) is 14.4 Å². The molecule has 1 rings (SSSR count). The number of aromatic nitrogens is 3. The number of esters is 3. The van der Waals surface area contributed by atoms with Crippen LogP contribution in [0.4, 0.5) is 0 Å². The molecule has 0 aliphatic carbocycles. The Kier molecular flexibility index (Phi) is 59.4. The lowest BCUT2D eigenvalue weighted by atomic mass is 10.0. The maximum absolute atomic E-state index is 13.7. The molecular weight excluding hydrogens is 1110 g/mol. The fourth-order valence-corrected chi connectivity index (χ4v) is 13.6. The second-order valence-corrected chi connectivity index (χ2v) is 27.6. The molecule has 15 heteroatoms. The van der Waals surface area contributed by atoms with Crippen molar-refractivity contribution in [1.82, 2.24) is 13.7 Å². The predicted octanol–water partition coefficient (Wildman–Crippen LogP) is 18.8. The summed E-state index contributed by atoms with van der Waals surface area (Å²) in [5, 5.41) is 0. The van der Waals surface area contributed by atoms with E-state index in [-0.39, 0.29) is 58.7 Å². The summed E-state index contributed by atoms with van der Waals surface area (Å²) >= 11 is 5.57. The van der Waals surface area contributed by atoms with E-state index in [1.807, 2.05) is 35.3 Å². The first-order valence-corrected chi connectivity index (χ1v) is 38.9. The monoisotopic (exact) mass is 1240 g/mol. The molecule has 84 heavy (non-hydrogen) atoms. The molecule has 1 heterocycles. The van der Waals surface area contributed by atoms with Crippen molar-refractivity contribution in [1.29, 1.82) is 0 Å². The second kappa shape index (κ2) is 62.5. The highest BCUT2D eigenvalue weighted by molar-refractivity contribution is 7.99. The third-order valence-corrected chi connectivity index (χ3v) is 19.5. The molecule has 492 valence electrons. The first-order valence-electron chi connectivity index (χ1n) is 35.4. The maximum atomic E-state index is 13.7. The van der Waals surface area contributed by atoms with E-state index in [1.54, 1.807) is 0 Å². The van der Waals surface area contributed by atoms with Crippen LogP contribution in [0.5, 0.6) is 0 Å². The summed E-state index contributed by atoms with van der Waals surface area (Å²) in [6.45, 7) is 5.36. The normalized spacial score (nSPS) is 11.5. The van der Waals surface area contributed by atoms with Gasteiger partial charge in [-0.1, -0.05) is 271 Å². The highest BCUT2D eigenvalue weighted by Gasteiger charge is 2.18. The van der Waals surface area contributed by atoms with Crippen molar-refractivity contribution in [3.05, 3.63) is 31.5 Å². The van der Waals surface area contributed by atoms with Gasteiger partial charge in [0.15, 0.2) is 0 Å². The van der Waals surface area contributed by atoms with E-state index in [9.17, 15) is 28.8 Å². The van der Waals surface area contributed by atoms with Crippen LogP contribution < -0.4 is 17.1 Å². The summed E-state index contributed by atoms with van der Waals surface area (Å²) < 4.78 is 19.0. The molecule has 0 saturated carbocycles. The van der Waals surface area contributed by atoms with Gasteiger partial charge in [0.25, 0.3) is 0 Å². The van der Waals surface area contributed by atoms with E-state index in [4.69, 9.17) is 14.2 Å². The van der Waals surface area contributed by atoms with E-state index >= 15 is 0 Å². The highest BCUT2D eigenvalue weighted by Crippen LogP contribution is 2.18. The van der Waals surface area contributed by atoms with Crippen molar-refractivity contribution in [2.24, 2.45) is 0 Å². The van der Waals surface area contributed by atoms with Gasteiger partial charge in [-0.15, -0.1) is 0 Å². The zero-order chi connectivity index (χ0) is 60.9. The molecule has 0 atom stereocenters. The summed E-state index contributed by atoms with van der Waals surface area (Å²) in [6, 6.07) is 0. The molecule has 0 fully saturated rings. The molecular formula is C69H129N3O9S3. The van der Waals surface area contributed by atoms with Gasteiger partial charge in [0.2, 0.25) is 0 Å². The fourth-order valence-electron chi connectivity index (χ4n) is 10.7. The van der Waals surface area contributed by atoms with E-state index in [0.717, 1.165) is 48.2 Å². The number of carbonyl (C=O) groups is 3. The summed E-state index contributed by atoms with van der Waals surface area (Å²) in [5.74, 6) is 4.58. The lowest BCUT2D eigenvalue weighted by Gasteiger charge is -2.14. The van der Waals surface area contributed by atoms with Gasteiger partial charge < -0.3 is 14.2 Å². The number of ether oxygens (including phenoxy) is 3. The number of hydrogen-bond donors (Lipinski definition) is 0. The smallest absolute Gasteiger partial charge is 0.336 e. The van der Waals surface area contributed by atoms with Gasteiger partial charge in [-0.2, -0.15) is 35.3 Å². The Hall–Kier alpha value is -2.13. The van der Waals surface area contributed by atoms with Gasteiger partial charge in [0, 0.05) is 19.3 Å². The fraction of sp³-hybridized carbons (Fsp3) is 0.913. The average molecular weight is 1240 g/mol. The van der Waals surface area contributed by atoms with Crippen molar-refractivity contribution >= 4 is 53.2 Å². The van der Waals surface area contributed by atoms with Crippen LogP contribution in [0, 0.1) is 0 Å². The van der Waals surface area contributed by atoms with Gasteiger partial charge in [-0.25, -0.2) is 28.1 Å². The van der Waals surface area contributed by atoms with Crippen LogP contribution in [-0.4, -0.2) is 85.9 Å². The minimum atomic E-state index is -0.878. The van der Waals surface area contributed by atoms with Crippen molar-refractivity contribution in [3.63, 3.8) is 0 Å². The molecule has 0 aromatic carbocycles. The largest absolute Gasteiger partial charge is 0.464 e.